The van der Waals surface area contributed by atoms with Crippen molar-refractivity contribution in [2.45, 2.75) is 64.6 Å². The summed E-state index contributed by atoms with van der Waals surface area (Å²) in [6, 6.07) is 1.33. The second kappa shape index (κ2) is 6.54. The summed E-state index contributed by atoms with van der Waals surface area (Å²) in [5, 5.41) is 5.08. The van der Waals surface area contributed by atoms with Gasteiger partial charge in [-0.25, -0.2) is 4.98 Å². The summed E-state index contributed by atoms with van der Waals surface area (Å²) in [4.78, 5) is 8.50. The van der Waals surface area contributed by atoms with Crippen molar-refractivity contribution in [2.24, 2.45) is 5.92 Å². The van der Waals surface area contributed by atoms with Crippen LogP contribution in [0.4, 0.5) is 0 Å². The molecule has 0 aromatic carbocycles. The number of piperazine rings is 1. The summed E-state index contributed by atoms with van der Waals surface area (Å²) in [7, 11) is 0. The maximum atomic E-state index is 4.54. The number of nitrogens with one attached hydrogen (secondary N) is 1. The lowest BCUT2D eigenvalue weighted by molar-refractivity contribution is 0.0980. The van der Waals surface area contributed by atoms with Gasteiger partial charge in [-0.15, -0.1) is 11.3 Å². The van der Waals surface area contributed by atoms with Crippen molar-refractivity contribution >= 4 is 11.3 Å². The van der Waals surface area contributed by atoms with Crippen molar-refractivity contribution < 1.29 is 0 Å². The molecule has 2 heterocycles. The van der Waals surface area contributed by atoms with Crippen LogP contribution in [0.1, 0.15) is 48.9 Å². The van der Waals surface area contributed by atoms with Crippen LogP contribution in [-0.4, -0.2) is 35.1 Å². The van der Waals surface area contributed by atoms with E-state index in [2.05, 4.69) is 29.0 Å². The fourth-order valence-electron chi connectivity index (χ4n) is 3.67. The Labute approximate surface area is 126 Å². The molecule has 3 nitrogen and oxygen atoms in total. The molecular formula is C16H27N3S. The van der Waals surface area contributed by atoms with E-state index in [1.807, 2.05) is 17.5 Å². The quantitative estimate of drug-likeness (QED) is 0.927. The second-order valence-corrected chi connectivity index (χ2v) is 7.88. The Morgan fingerprint density at radius 3 is 2.85 bits per heavy atom. The first-order chi connectivity index (χ1) is 9.72. The normalized spacial score (nSPS) is 29.7. The molecule has 1 saturated heterocycles. The van der Waals surface area contributed by atoms with Crippen LogP contribution < -0.4 is 5.32 Å². The molecule has 2 atom stereocenters. The highest BCUT2D eigenvalue weighted by Gasteiger charge is 2.31. The Kier molecular flexibility index (Phi) is 4.74. The summed E-state index contributed by atoms with van der Waals surface area (Å²) in [5.74, 6) is 0.900. The van der Waals surface area contributed by atoms with Crippen molar-refractivity contribution in [3.63, 3.8) is 0 Å². The van der Waals surface area contributed by atoms with E-state index < -0.39 is 0 Å². The molecule has 2 aliphatic rings. The first-order valence-electron chi connectivity index (χ1n) is 8.11. The lowest BCUT2D eigenvalue weighted by Gasteiger charge is -2.42. The predicted octanol–water partition coefficient (Wildman–Crippen LogP) is 3.19. The zero-order valence-electron chi connectivity index (χ0n) is 12.8. The van der Waals surface area contributed by atoms with Gasteiger partial charge in [0.1, 0.15) is 5.01 Å². The summed E-state index contributed by atoms with van der Waals surface area (Å²) >= 11 is 1.85. The van der Waals surface area contributed by atoms with E-state index in [0.717, 1.165) is 19.0 Å². The summed E-state index contributed by atoms with van der Waals surface area (Å²) in [5.41, 5.74) is 0. The molecule has 0 spiro atoms. The molecule has 2 unspecified atom stereocenters. The molecule has 1 aliphatic carbocycles. The number of hydrogen-bond acceptors (Lipinski definition) is 4. The molecular weight excluding hydrogens is 266 g/mol. The smallest absolute Gasteiger partial charge is 0.107 e. The monoisotopic (exact) mass is 293 g/mol. The van der Waals surface area contributed by atoms with Gasteiger partial charge >= 0.3 is 0 Å². The van der Waals surface area contributed by atoms with Crippen molar-refractivity contribution in [3.05, 3.63) is 16.1 Å². The third-order valence-electron chi connectivity index (χ3n) is 4.96. The minimum absolute atomic E-state index is 0.624. The lowest BCUT2D eigenvalue weighted by Crippen LogP contribution is -2.57. The average molecular weight is 293 g/mol. The van der Waals surface area contributed by atoms with E-state index in [-0.39, 0.29) is 0 Å². The molecule has 20 heavy (non-hydrogen) atoms. The van der Waals surface area contributed by atoms with Gasteiger partial charge in [0.25, 0.3) is 0 Å². The first kappa shape index (κ1) is 14.5. The van der Waals surface area contributed by atoms with Crippen LogP contribution in [0.5, 0.6) is 0 Å². The average Bonchev–Trinajstić information content (AvgIpc) is 2.88. The van der Waals surface area contributed by atoms with Gasteiger partial charge in [0.15, 0.2) is 0 Å². The molecule has 1 aromatic heterocycles. The Morgan fingerprint density at radius 1 is 1.35 bits per heavy atom. The number of aryl methyl sites for hydroxylation is 1. The molecule has 1 aliphatic heterocycles. The Hall–Kier alpha value is -0.450. The van der Waals surface area contributed by atoms with E-state index in [4.69, 9.17) is 0 Å². The van der Waals surface area contributed by atoms with Crippen molar-refractivity contribution in [2.75, 3.05) is 13.1 Å². The van der Waals surface area contributed by atoms with Gasteiger partial charge in [-0.1, -0.05) is 19.3 Å². The van der Waals surface area contributed by atoms with Gasteiger partial charge in [0.2, 0.25) is 0 Å². The van der Waals surface area contributed by atoms with Gasteiger partial charge in [-0.2, -0.15) is 0 Å². The van der Waals surface area contributed by atoms with E-state index in [1.165, 1.54) is 48.5 Å². The lowest BCUT2D eigenvalue weighted by atomic mass is 9.82. The third-order valence-corrected chi connectivity index (χ3v) is 5.85. The molecule has 0 amide bonds. The standard InChI is InChI=1S/C16H27N3S/c1-12-8-17-15(14-6-4-3-5-7-14)10-19(12)11-16-18-9-13(2)20-16/h9,12,14-15,17H,3-8,10-11H2,1-2H3. The minimum atomic E-state index is 0.624. The Balaban J connectivity index is 1.60. The Morgan fingerprint density at radius 2 is 2.15 bits per heavy atom. The largest absolute Gasteiger partial charge is 0.311 e. The number of thiazole rings is 1. The number of hydrogen-bond donors (Lipinski definition) is 1. The molecule has 4 heteroatoms. The van der Waals surface area contributed by atoms with Crippen LogP contribution in [0.2, 0.25) is 0 Å². The minimum Gasteiger partial charge on any atom is -0.311 e. The maximum Gasteiger partial charge on any atom is 0.107 e. The second-order valence-electron chi connectivity index (χ2n) is 6.56. The molecule has 112 valence electrons. The highest BCUT2D eigenvalue weighted by Crippen LogP contribution is 2.29. The zero-order valence-corrected chi connectivity index (χ0v) is 13.6. The SMILES string of the molecule is Cc1cnc(CN2CC(C3CCCCC3)NCC2C)s1. The fraction of sp³-hybridized carbons (Fsp3) is 0.812. The van der Waals surface area contributed by atoms with E-state index in [9.17, 15) is 0 Å². The maximum absolute atomic E-state index is 4.54. The van der Waals surface area contributed by atoms with E-state index >= 15 is 0 Å². The first-order valence-corrected chi connectivity index (χ1v) is 8.93. The van der Waals surface area contributed by atoms with Gasteiger partial charge < -0.3 is 5.32 Å². The van der Waals surface area contributed by atoms with Crippen molar-refractivity contribution in [1.82, 2.24) is 15.2 Å². The summed E-state index contributed by atoms with van der Waals surface area (Å²) < 4.78 is 0. The highest BCUT2D eigenvalue weighted by atomic mass is 32.1. The number of nitrogens with zero attached hydrogens (tertiary/aromatic N) is 2. The molecule has 1 aromatic rings. The number of rotatable bonds is 3. The predicted molar refractivity (Wildman–Crippen MR) is 85.1 cm³/mol. The zero-order chi connectivity index (χ0) is 13.9. The van der Waals surface area contributed by atoms with Crippen molar-refractivity contribution in [1.29, 1.82) is 0 Å². The molecule has 2 fully saturated rings. The molecule has 1 N–H and O–H groups in total. The summed E-state index contributed by atoms with van der Waals surface area (Å²) in [6.07, 6.45) is 9.17. The van der Waals surface area contributed by atoms with Crippen LogP contribution in [0.3, 0.4) is 0 Å². The van der Waals surface area contributed by atoms with Crippen LogP contribution in [0.25, 0.3) is 0 Å². The number of aromatic nitrogens is 1. The van der Waals surface area contributed by atoms with E-state index in [1.54, 1.807) is 0 Å². The fourth-order valence-corrected chi connectivity index (χ4v) is 4.48. The van der Waals surface area contributed by atoms with Crippen LogP contribution in [0, 0.1) is 12.8 Å². The topological polar surface area (TPSA) is 28.2 Å². The molecule has 0 radical (unpaired) electrons. The van der Waals surface area contributed by atoms with Gasteiger partial charge in [0.05, 0.1) is 6.54 Å². The highest BCUT2D eigenvalue weighted by molar-refractivity contribution is 7.11. The van der Waals surface area contributed by atoms with Gasteiger partial charge in [-0.3, -0.25) is 4.90 Å². The molecule has 1 saturated carbocycles. The van der Waals surface area contributed by atoms with Crippen molar-refractivity contribution in [3.8, 4) is 0 Å². The van der Waals surface area contributed by atoms with Gasteiger partial charge in [0, 0.05) is 36.2 Å². The van der Waals surface area contributed by atoms with Crippen LogP contribution in [0.15, 0.2) is 6.20 Å². The third kappa shape index (κ3) is 3.41. The van der Waals surface area contributed by atoms with Crippen LogP contribution in [-0.2, 0) is 6.54 Å². The van der Waals surface area contributed by atoms with E-state index in [0.29, 0.717) is 12.1 Å². The molecule has 0 bridgehead atoms. The Bertz CT molecular complexity index is 425. The summed E-state index contributed by atoms with van der Waals surface area (Å²) in [6.45, 7) is 7.85. The van der Waals surface area contributed by atoms with Crippen LogP contribution >= 0.6 is 11.3 Å². The molecule has 3 rings (SSSR count). The van der Waals surface area contributed by atoms with Gasteiger partial charge in [-0.05, 0) is 32.6 Å².